The van der Waals surface area contributed by atoms with Gasteiger partial charge in [0.1, 0.15) is 12.9 Å². The highest BCUT2D eigenvalue weighted by Gasteiger charge is 2.18. The molecule has 21 heavy (non-hydrogen) atoms. The number of hydrogen-bond donors (Lipinski definition) is 0. The molecule has 1 saturated heterocycles. The summed E-state index contributed by atoms with van der Waals surface area (Å²) < 4.78 is 2.75. The van der Waals surface area contributed by atoms with Crippen LogP contribution in [0.15, 0.2) is 11.1 Å². The maximum absolute atomic E-state index is 12.3. The summed E-state index contributed by atoms with van der Waals surface area (Å²) in [6, 6.07) is 0. The largest absolute Gasteiger partial charge is 0.341 e. The molecule has 0 bridgehead atoms. The van der Waals surface area contributed by atoms with Crippen LogP contribution in [0.1, 0.15) is 25.7 Å². The van der Waals surface area contributed by atoms with Crippen LogP contribution in [0.4, 0.5) is 0 Å². The molecule has 0 atom stereocenters. The average molecular weight is 290 g/mol. The smallest absolute Gasteiger partial charge is 0.283 e. The normalized spacial score (nSPS) is 16.1. The zero-order valence-corrected chi connectivity index (χ0v) is 12.0. The van der Waals surface area contributed by atoms with Gasteiger partial charge in [-0.15, -0.1) is 5.10 Å². The summed E-state index contributed by atoms with van der Waals surface area (Å²) in [5.41, 5.74) is 0.304. The fraction of sp³-hybridized carbons (Fsp3) is 0.615. The molecule has 1 aliphatic rings. The average Bonchev–Trinajstić information content (AvgIpc) is 2.70. The van der Waals surface area contributed by atoms with Crippen molar-refractivity contribution in [2.24, 2.45) is 7.05 Å². The van der Waals surface area contributed by atoms with E-state index in [-0.39, 0.29) is 23.5 Å². The molecule has 1 aliphatic heterocycles. The second-order valence-corrected chi connectivity index (χ2v) is 5.36. The van der Waals surface area contributed by atoms with Gasteiger partial charge in [0.25, 0.3) is 5.56 Å². The molecule has 2 aromatic rings. The first kappa shape index (κ1) is 13.7. The van der Waals surface area contributed by atoms with E-state index in [0.717, 1.165) is 38.8 Å². The SMILES string of the molecule is Cn1nnc2c(=O)n(CC(=O)N3CCCCCC3)cnc21. The number of rotatable bonds is 2. The highest BCUT2D eigenvalue weighted by atomic mass is 16.2. The van der Waals surface area contributed by atoms with Crippen molar-refractivity contribution in [2.45, 2.75) is 32.2 Å². The van der Waals surface area contributed by atoms with Gasteiger partial charge in [0.05, 0.1) is 0 Å². The van der Waals surface area contributed by atoms with Crippen molar-refractivity contribution in [2.75, 3.05) is 13.1 Å². The lowest BCUT2D eigenvalue weighted by molar-refractivity contribution is -0.131. The highest BCUT2D eigenvalue weighted by Crippen LogP contribution is 2.10. The van der Waals surface area contributed by atoms with Crippen LogP contribution in [0.3, 0.4) is 0 Å². The molecular formula is C13H18N6O2. The van der Waals surface area contributed by atoms with E-state index < -0.39 is 0 Å². The molecular weight excluding hydrogens is 272 g/mol. The maximum Gasteiger partial charge on any atom is 0.283 e. The van der Waals surface area contributed by atoms with Gasteiger partial charge in [-0.05, 0) is 12.8 Å². The Morgan fingerprint density at radius 3 is 2.67 bits per heavy atom. The van der Waals surface area contributed by atoms with Crippen LogP contribution in [0.2, 0.25) is 0 Å². The van der Waals surface area contributed by atoms with Crippen LogP contribution in [0.25, 0.3) is 11.2 Å². The Bertz CT molecular complexity index is 711. The topological polar surface area (TPSA) is 85.9 Å². The van der Waals surface area contributed by atoms with E-state index in [1.165, 1.54) is 15.6 Å². The Morgan fingerprint density at radius 2 is 1.95 bits per heavy atom. The molecule has 2 aromatic heterocycles. The number of hydrogen-bond acceptors (Lipinski definition) is 5. The van der Waals surface area contributed by atoms with Crippen molar-refractivity contribution in [3.63, 3.8) is 0 Å². The van der Waals surface area contributed by atoms with Crippen LogP contribution in [0, 0.1) is 0 Å². The zero-order chi connectivity index (χ0) is 14.8. The standard InChI is InChI=1S/C13H18N6O2/c1-17-12-11(15-16-17)13(21)19(9-14-12)8-10(20)18-6-4-2-3-5-7-18/h9H,2-8H2,1H3. The van der Waals surface area contributed by atoms with Crippen molar-refractivity contribution in [3.8, 4) is 0 Å². The van der Waals surface area contributed by atoms with Crippen LogP contribution in [-0.2, 0) is 18.4 Å². The number of aromatic nitrogens is 5. The predicted molar refractivity (Wildman–Crippen MR) is 75.6 cm³/mol. The Hall–Kier alpha value is -2.25. The summed E-state index contributed by atoms with van der Waals surface area (Å²) in [6.45, 7) is 1.56. The van der Waals surface area contributed by atoms with Crippen LogP contribution < -0.4 is 5.56 Å². The number of nitrogens with zero attached hydrogens (tertiary/aromatic N) is 6. The van der Waals surface area contributed by atoms with E-state index in [2.05, 4.69) is 15.3 Å². The molecule has 1 fully saturated rings. The number of carbonyl (C=O) groups is 1. The number of aryl methyl sites for hydroxylation is 1. The maximum atomic E-state index is 12.3. The lowest BCUT2D eigenvalue weighted by Crippen LogP contribution is -2.37. The number of carbonyl (C=O) groups excluding carboxylic acids is 1. The van der Waals surface area contributed by atoms with Gasteiger partial charge in [0, 0.05) is 20.1 Å². The van der Waals surface area contributed by atoms with Gasteiger partial charge in [-0.25, -0.2) is 9.67 Å². The van der Waals surface area contributed by atoms with Crippen LogP contribution in [-0.4, -0.2) is 48.4 Å². The van der Waals surface area contributed by atoms with Gasteiger partial charge in [0.2, 0.25) is 5.91 Å². The van der Waals surface area contributed by atoms with Crippen molar-refractivity contribution in [1.82, 2.24) is 29.4 Å². The predicted octanol–water partition coefficient (Wildman–Crippen LogP) is -0.0724. The lowest BCUT2D eigenvalue weighted by Gasteiger charge is -2.20. The second kappa shape index (κ2) is 5.63. The molecule has 0 radical (unpaired) electrons. The van der Waals surface area contributed by atoms with Crippen molar-refractivity contribution in [1.29, 1.82) is 0 Å². The first-order chi connectivity index (χ1) is 10.2. The summed E-state index contributed by atoms with van der Waals surface area (Å²) >= 11 is 0. The van der Waals surface area contributed by atoms with Gasteiger partial charge in [-0.2, -0.15) is 0 Å². The lowest BCUT2D eigenvalue weighted by atomic mass is 10.2. The van der Waals surface area contributed by atoms with E-state index in [1.807, 2.05) is 4.90 Å². The molecule has 0 aromatic carbocycles. The molecule has 3 rings (SSSR count). The zero-order valence-electron chi connectivity index (χ0n) is 12.0. The third-order valence-corrected chi connectivity index (χ3v) is 3.84. The molecule has 1 amide bonds. The Kier molecular flexibility index (Phi) is 3.68. The Labute approximate surface area is 121 Å². The van der Waals surface area contributed by atoms with Gasteiger partial charge in [0.15, 0.2) is 11.2 Å². The molecule has 0 unspecified atom stereocenters. The third-order valence-electron chi connectivity index (χ3n) is 3.84. The van der Waals surface area contributed by atoms with Crippen LogP contribution in [0.5, 0.6) is 0 Å². The molecule has 0 spiro atoms. The molecule has 112 valence electrons. The van der Waals surface area contributed by atoms with Crippen molar-refractivity contribution < 1.29 is 4.79 Å². The van der Waals surface area contributed by atoms with Gasteiger partial charge < -0.3 is 4.90 Å². The summed E-state index contributed by atoms with van der Waals surface area (Å²) in [6.07, 6.45) is 5.78. The van der Waals surface area contributed by atoms with Gasteiger partial charge in [-0.3, -0.25) is 14.2 Å². The monoisotopic (exact) mass is 290 g/mol. The number of fused-ring (bicyclic) bond motifs is 1. The summed E-state index contributed by atoms with van der Waals surface area (Å²) in [7, 11) is 1.68. The van der Waals surface area contributed by atoms with Crippen molar-refractivity contribution in [3.05, 3.63) is 16.7 Å². The van der Waals surface area contributed by atoms with Crippen LogP contribution >= 0.6 is 0 Å². The minimum Gasteiger partial charge on any atom is -0.341 e. The Balaban J connectivity index is 1.82. The number of likely N-dealkylation sites (tertiary alicyclic amines) is 1. The first-order valence-electron chi connectivity index (χ1n) is 7.19. The molecule has 0 N–H and O–H groups in total. The third kappa shape index (κ3) is 2.65. The molecule has 3 heterocycles. The molecule has 0 saturated carbocycles. The Morgan fingerprint density at radius 1 is 1.24 bits per heavy atom. The molecule has 0 aliphatic carbocycles. The minimum atomic E-state index is -0.323. The van der Waals surface area contributed by atoms with Crippen molar-refractivity contribution >= 4 is 17.1 Å². The fourth-order valence-electron chi connectivity index (χ4n) is 2.63. The second-order valence-electron chi connectivity index (χ2n) is 5.36. The quantitative estimate of drug-likeness (QED) is 0.772. The van der Waals surface area contributed by atoms with Gasteiger partial charge >= 0.3 is 0 Å². The molecule has 8 heteroatoms. The van der Waals surface area contributed by atoms with E-state index in [4.69, 9.17) is 0 Å². The van der Waals surface area contributed by atoms with E-state index in [9.17, 15) is 9.59 Å². The minimum absolute atomic E-state index is 0.0122. The first-order valence-corrected chi connectivity index (χ1v) is 7.19. The summed E-state index contributed by atoms with van der Waals surface area (Å²) in [5.74, 6) is -0.0379. The van der Waals surface area contributed by atoms with E-state index in [1.54, 1.807) is 7.05 Å². The molecule has 8 nitrogen and oxygen atoms in total. The summed E-state index contributed by atoms with van der Waals surface area (Å²) in [5, 5.41) is 7.58. The fourth-order valence-corrected chi connectivity index (χ4v) is 2.63. The highest BCUT2D eigenvalue weighted by molar-refractivity contribution is 5.76. The van der Waals surface area contributed by atoms with E-state index in [0.29, 0.717) is 5.65 Å². The van der Waals surface area contributed by atoms with E-state index >= 15 is 0 Å². The summed E-state index contributed by atoms with van der Waals surface area (Å²) in [4.78, 5) is 30.6. The van der Waals surface area contributed by atoms with Gasteiger partial charge in [-0.1, -0.05) is 18.1 Å². The number of amides is 1.